The Hall–Kier alpha value is -1.37. The van der Waals surface area contributed by atoms with Gasteiger partial charge in [0.05, 0.1) is 17.2 Å². The molecule has 2 aromatic rings. The number of ether oxygens (including phenoxy) is 1. The van der Waals surface area contributed by atoms with Crippen LogP contribution in [-0.4, -0.2) is 23.2 Å². The predicted octanol–water partition coefficient (Wildman–Crippen LogP) is 3.60. The van der Waals surface area contributed by atoms with Gasteiger partial charge in [-0.3, -0.25) is 0 Å². The number of carboxylic acid groups (broad SMARTS) is 1. The second kappa shape index (κ2) is 5.73. The maximum absolute atomic E-state index is 11.1. The molecule has 0 spiro atoms. The number of carboxylic acids is 1. The van der Waals surface area contributed by atoms with Gasteiger partial charge in [-0.25, -0.2) is 9.78 Å². The van der Waals surface area contributed by atoms with Gasteiger partial charge in [-0.2, -0.15) is 0 Å². The Balaban J connectivity index is 2.53. The molecule has 100 valence electrons. The van der Waals surface area contributed by atoms with Crippen LogP contribution < -0.4 is 0 Å². The SMILES string of the molecule is COCc1nc(-c2cc(Br)ccc2Cl)oc1C(=O)O. The van der Waals surface area contributed by atoms with Gasteiger partial charge in [-0.15, -0.1) is 0 Å². The minimum atomic E-state index is -1.20. The van der Waals surface area contributed by atoms with E-state index in [1.807, 2.05) is 0 Å². The zero-order valence-electron chi connectivity index (χ0n) is 9.81. The normalized spacial score (nSPS) is 10.7. The lowest BCUT2D eigenvalue weighted by atomic mass is 10.2. The third kappa shape index (κ3) is 2.97. The van der Waals surface area contributed by atoms with E-state index in [9.17, 15) is 4.79 Å². The summed E-state index contributed by atoms with van der Waals surface area (Å²) in [4.78, 5) is 15.2. The number of rotatable bonds is 4. The Labute approximate surface area is 122 Å². The minimum Gasteiger partial charge on any atom is -0.475 e. The van der Waals surface area contributed by atoms with Crippen LogP contribution in [0.15, 0.2) is 27.1 Å². The van der Waals surface area contributed by atoms with Crippen LogP contribution in [-0.2, 0) is 11.3 Å². The minimum absolute atomic E-state index is 0.0523. The summed E-state index contributed by atoms with van der Waals surface area (Å²) in [6.45, 7) is 0.0523. The summed E-state index contributed by atoms with van der Waals surface area (Å²) < 4.78 is 10.9. The molecule has 0 atom stereocenters. The van der Waals surface area contributed by atoms with Crippen LogP contribution in [0.25, 0.3) is 11.5 Å². The molecule has 2 rings (SSSR count). The highest BCUT2D eigenvalue weighted by atomic mass is 79.9. The van der Waals surface area contributed by atoms with Gasteiger partial charge >= 0.3 is 5.97 Å². The van der Waals surface area contributed by atoms with Crippen molar-refractivity contribution in [2.45, 2.75) is 6.61 Å². The summed E-state index contributed by atoms with van der Waals surface area (Å²) >= 11 is 9.36. The molecular weight excluding hydrogens is 337 g/mol. The fraction of sp³-hybridized carbons (Fsp3) is 0.167. The largest absolute Gasteiger partial charge is 0.475 e. The molecule has 0 fully saturated rings. The maximum Gasteiger partial charge on any atom is 0.373 e. The van der Waals surface area contributed by atoms with E-state index in [4.69, 9.17) is 25.9 Å². The Bertz CT molecular complexity index is 626. The first-order valence-corrected chi connectivity index (χ1v) is 6.37. The molecule has 0 amide bonds. The van der Waals surface area contributed by atoms with Crippen molar-refractivity contribution < 1.29 is 19.1 Å². The quantitative estimate of drug-likeness (QED) is 0.915. The summed E-state index contributed by atoms with van der Waals surface area (Å²) in [5, 5.41) is 9.47. The van der Waals surface area contributed by atoms with E-state index in [2.05, 4.69) is 20.9 Å². The molecular formula is C12H9BrClNO4. The van der Waals surface area contributed by atoms with Gasteiger partial charge in [0.1, 0.15) is 5.69 Å². The Morgan fingerprint density at radius 1 is 1.58 bits per heavy atom. The number of aromatic carboxylic acids is 1. The molecule has 1 N–H and O–H groups in total. The number of nitrogens with zero attached hydrogens (tertiary/aromatic N) is 1. The van der Waals surface area contributed by atoms with E-state index in [1.165, 1.54) is 7.11 Å². The zero-order valence-corrected chi connectivity index (χ0v) is 12.2. The first kappa shape index (κ1) is 14.0. The van der Waals surface area contributed by atoms with Crippen LogP contribution in [0.1, 0.15) is 16.2 Å². The molecule has 1 aromatic carbocycles. The number of oxazole rings is 1. The number of benzene rings is 1. The number of carbonyl (C=O) groups is 1. The smallest absolute Gasteiger partial charge is 0.373 e. The summed E-state index contributed by atoms with van der Waals surface area (Å²) in [6, 6.07) is 5.14. The third-order valence-corrected chi connectivity index (χ3v) is 3.15. The van der Waals surface area contributed by atoms with Crippen molar-refractivity contribution in [2.24, 2.45) is 0 Å². The fourth-order valence-corrected chi connectivity index (χ4v) is 2.09. The summed E-state index contributed by atoms with van der Waals surface area (Å²) in [5.41, 5.74) is 0.738. The number of hydrogen-bond donors (Lipinski definition) is 1. The lowest BCUT2D eigenvalue weighted by Gasteiger charge is -1.99. The van der Waals surface area contributed by atoms with Crippen molar-refractivity contribution in [1.82, 2.24) is 4.98 Å². The van der Waals surface area contributed by atoms with Crippen molar-refractivity contribution in [1.29, 1.82) is 0 Å². The highest BCUT2D eigenvalue weighted by Gasteiger charge is 2.21. The highest BCUT2D eigenvalue weighted by Crippen LogP contribution is 2.31. The van der Waals surface area contributed by atoms with Gasteiger partial charge in [0.25, 0.3) is 0 Å². The van der Waals surface area contributed by atoms with E-state index in [1.54, 1.807) is 18.2 Å². The van der Waals surface area contributed by atoms with Crippen molar-refractivity contribution >= 4 is 33.5 Å². The van der Waals surface area contributed by atoms with Crippen LogP contribution in [0.5, 0.6) is 0 Å². The lowest BCUT2D eigenvalue weighted by molar-refractivity contribution is 0.0656. The van der Waals surface area contributed by atoms with Crippen molar-refractivity contribution in [3.63, 3.8) is 0 Å². The van der Waals surface area contributed by atoms with Crippen LogP contribution in [0.4, 0.5) is 0 Å². The zero-order chi connectivity index (χ0) is 14.0. The molecule has 1 aromatic heterocycles. The first-order chi connectivity index (χ1) is 9.02. The fourth-order valence-electron chi connectivity index (χ4n) is 1.53. The lowest BCUT2D eigenvalue weighted by Crippen LogP contribution is -2.00. The molecule has 0 bridgehead atoms. The number of aromatic nitrogens is 1. The van der Waals surface area contributed by atoms with Gasteiger partial charge < -0.3 is 14.3 Å². The van der Waals surface area contributed by atoms with Crippen molar-refractivity contribution in [3.05, 3.63) is 39.1 Å². The van der Waals surface area contributed by atoms with Gasteiger partial charge in [0.15, 0.2) is 0 Å². The predicted molar refractivity (Wildman–Crippen MR) is 72.3 cm³/mol. The molecule has 0 saturated heterocycles. The molecule has 0 radical (unpaired) electrons. The molecule has 0 unspecified atom stereocenters. The van der Waals surface area contributed by atoms with E-state index >= 15 is 0 Å². The van der Waals surface area contributed by atoms with Crippen molar-refractivity contribution in [2.75, 3.05) is 7.11 Å². The molecule has 19 heavy (non-hydrogen) atoms. The Kier molecular flexibility index (Phi) is 4.24. The van der Waals surface area contributed by atoms with Crippen molar-refractivity contribution in [3.8, 4) is 11.5 Å². The number of methoxy groups -OCH3 is 1. The van der Waals surface area contributed by atoms with E-state index in [0.29, 0.717) is 10.6 Å². The van der Waals surface area contributed by atoms with Gasteiger partial charge in [0, 0.05) is 11.6 Å². The average molecular weight is 347 g/mol. The second-order valence-electron chi connectivity index (χ2n) is 3.66. The van der Waals surface area contributed by atoms with Gasteiger partial charge in [0.2, 0.25) is 11.7 Å². The number of halogens is 2. The summed E-state index contributed by atoms with van der Waals surface area (Å²) in [6.07, 6.45) is 0. The number of hydrogen-bond acceptors (Lipinski definition) is 4. The summed E-state index contributed by atoms with van der Waals surface area (Å²) in [5.74, 6) is -1.29. The highest BCUT2D eigenvalue weighted by molar-refractivity contribution is 9.10. The topological polar surface area (TPSA) is 72.6 Å². The van der Waals surface area contributed by atoms with E-state index in [-0.39, 0.29) is 24.0 Å². The van der Waals surface area contributed by atoms with Crippen LogP contribution >= 0.6 is 27.5 Å². The van der Waals surface area contributed by atoms with Gasteiger partial charge in [-0.1, -0.05) is 27.5 Å². The molecule has 1 heterocycles. The third-order valence-electron chi connectivity index (χ3n) is 2.33. The van der Waals surface area contributed by atoms with Crippen LogP contribution in [0, 0.1) is 0 Å². The molecule has 0 saturated carbocycles. The molecule has 0 aliphatic heterocycles. The monoisotopic (exact) mass is 345 g/mol. The summed E-state index contributed by atoms with van der Waals surface area (Å²) in [7, 11) is 1.45. The standard InChI is InChI=1S/C12H9BrClNO4/c1-18-5-9-10(12(16)17)19-11(15-9)7-4-6(13)2-3-8(7)14/h2-4H,5H2,1H3,(H,16,17). The second-order valence-corrected chi connectivity index (χ2v) is 4.98. The molecule has 0 aliphatic carbocycles. The van der Waals surface area contributed by atoms with Crippen LogP contribution in [0.2, 0.25) is 5.02 Å². The Morgan fingerprint density at radius 2 is 2.32 bits per heavy atom. The first-order valence-electron chi connectivity index (χ1n) is 5.20. The average Bonchev–Trinajstić information content (AvgIpc) is 2.77. The maximum atomic E-state index is 11.1. The molecule has 7 heteroatoms. The Morgan fingerprint density at radius 3 is 2.95 bits per heavy atom. The van der Waals surface area contributed by atoms with Gasteiger partial charge in [-0.05, 0) is 18.2 Å². The molecule has 5 nitrogen and oxygen atoms in total. The van der Waals surface area contributed by atoms with Crippen LogP contribution in [0.3, 0.4) is 0 Å². The van der Waals surface area contributed by atoms with E-state index < -0.39 is 5.97 Å². The van der Waals surface area contributed by atoms with E-state index in [0.717, 1.165) is 4.47 Å². The molecule has 0 aliphatic rings.